The second-order valence-corrected chi connectivity index (χ2v) is 2.86. The molecule has 0 aliphatic carbocycles. The van der Waals surface area contributed by atoms with E-state index in [0.29, 0.717) is 6.42 Å². The van der Waals surface area contributed by atoms with Gasteiger partial charge >= 0.3 is 0 Å². The molecule has 0 spiro atoms. The summed E-state index contributed by atoms with van der Waals surface area (Å²) in [4.78, 5) is 21.8. The van der Waals surface area contributed by atoms with Crippen molar-refractivity contribution in [2.75, 3.05) is 13.1 Å². The third kappa shape index (κ3) is 6.03. The van der Waals surface area contributed by atoms with Gasteiger partial charge < -0.3 is 16.4 Å². The summed E-state index contributed by atoms with van der Waals surface area (Å²) in [5, 5.41) is 4.98. The number of hydrogen-bond acceptors (Lipinski definition) is 3. The Bertz CT molecular complexity index is 245. The maximum Gasteiger partial charge on any atom is 0.239 e. The van der Waals surface area contributed by atoms with E-state index in [-0.39, 0.29) is 30.9 Å². The van der Waals surface area contributed by atoms with E-state index in [1.165, 1.54) is 0 Å². The van der Waals surface area contributed by atoms with Crippen LogP contribution in [0.1, 0.15) is 13.3 Å². The van der Waals surface area contributed by atoms with Gasteiger partial charge in [0.15, 0.2) is 0 Å². The highest BCUT2D eigenvalue weighted by Gasteiger charge is 2.06. The van der Waals surface area contributed by atoms with Crippen molar-refractivity contribution < 1.29 is 9.59 Å². The zero-order valence-electron chi connectivity index (χ0n) is 8.17. The van der Waals surface area contributed by atoms with Gasteiger partial charge in [0.25, 0.3) is 0 Å². The van der Waals surface area contributed by atoms with Gasteiger partial charge in [-0.15, -0.1) is 12.3 Å². The van der Waals surface area contributed by atoms with E-state index < -0.39 is 0 Å². The van der Waals surface area contributed by atoms with Crippen molar-refractivity contribution in [3.05, 3.63) is 0 Å². The number of carbonyl (C=O) groups is 2. The van der Waals surface area contributed by atoms with Crippen molar-refractivity contribution in [1.29, 1.82) is 0 Å². The molecule has 5 heteroatoms. The molecule has 5 nitrogen and oxygen atoms in total. The van der Waals surface area contributed by atoms with Crippen LogP contribution in [0.2, 0.25) is 0 Å². The summed E-state index contributed by atoms with van der Waals surface area (Å²) in [7, 11) is 0. The summed E-state index contributed by atoms with van der Waals surface area (Å²) < 4.78 is 0. The second-order valence-electron chi connectivity index (χ2n) is 2.86. The summed E-state index contributed by atoms with van der Waals surface area (Å²) >= 11 is 0. The van der Waals surface area contributed by atoms with Gasteiger partial charge in [0.05, 0.1) is 13.1 Å². The maximum absolute atomic E-state index is 11.1. The Labute approximate surface area is 83.4 Å². The van der Waals surface area contributed by atoms with Crippen LogP contribution < -0.4 is 16.4 Å². The molecule has 2 amide bonds. The third-order valence-corrected chi connectivity index (χ3v) is 1.46. The van der Waals surface area contributed by atoms with E-state index in [9.17, 15) is 9.59 Å². The van der Waals surface area contributed by atoms with Gasteiger partial charge in [0.2, 0.25) is 11.8 Å². The van der Waals surface area contributed by atoms with Crippen LogP contribution in [0.4, 0.5) is 0 Å². The lowest BCUT2D eigenvalue weighted by atomic mass is 10.2. The lowest BCUT2D eigenvalue weighted by Gasteiger charge is -2.10. The highest BCUT2D eigenvalue weighted by molar-refractivity contribution is 5.85. The normalized spacial score (nSPS) is 11.2. The van der Waals surface area contributed by atoms with Gasteiger partial charge in [-0.1, -0.05) is 0 Å². The largest absolute Gasteiger partial charge is 0.351 e. The molecule has 4 N–H and O–H groups in total. The van der Waals surface area contributed by atoms with E-state index in [1.807, 2.05) is 0 Å². The minimum absolute atomic E-state index is 0.0645. The fourth-order valence-electron chi connectivity index (χ4n) is 0.805. The standard InChI is InChI=1S/C9H15N3O2/c1-3-4-7(2)12-9(14)6-11-8(13)5-10/h1,7H,4-6,10H2,2H3,(H,11,13)(H,12,14). The number of nitrogens with one attached hydrogen (secondary N) is 2. The number of terminal acetylenes is 1. The van der Waals surface area contributed by atoms with E-state index in [2.05, 4.69) is 16.6 Å². The Morgan fingerprint density at radius 2 is 2.14 bits per heavy atom. The second kappa shape index (κ2) is 6.92. The van der Waals surface area contributed by atoms with Gasteiger partial charge in [-0.05, 0) is 6.92 Å². The number of amides is 2. The molecule has 14 heavy (non-hydrogen) atoms. The van der Waals surface area contributed by atoms with E-state index in [4.69, 9.17) is 12.2 Å². The number of rotatable bonds is 5. The van der Waals surface area contributed by atoms with Gasteiger partial charge in [-0.25, -0.2) is 0 Å². The highest BCUT2D eigenvalue weighted by atomic mass is 16.2. The fraction of sp³-hybridized carbons (Fsp3) is 0.556. The molecule has 0 rings (SSSR count). The first-order chi connectivity index (χ1) is 6.60. The van der Waals surface area contributed by atoms with Gasteiger partial charge in [-0.2, -0.15) is 0 Å². The van der Waals surface area contributed by atoms with Crippen molar-refractivity contribution in [2.24, 2.45) is 5.73 Å². The van der Waals surface area contributed by atoms with Crippen molar-refractivity contribution in [1.82, 2.24) is 10.6 Å². The monoisotopic (exact) mass is 197 g/mol. The molecule has 0 radical (unpaired) electrons. The zero-order chi connectivity index (χ0) is 11.0. The van der Waals surface area contributed by atoms with Gasteiger partial charge in [-0.3, -0.25) is 9.59 Å². The first-order valence-corrected chi connectivity index (χ1v) is 4.29. The quantitative estimate of drug-likeness (QED) is 0.473. The highest BCUT2D eigenvalue weighted by Crippen LogP contribution is 1.86. The predicted molar refractivity (Wildman–Crippen MR) is 53.1 cm³/mol. The molecule has 78 valence electrons. The lowest BCUT2D eigenvalue weighted by Crippen LogP contribution is -2.42. The molecule has 1 unspecified atom stereocenters. The lowest BCUT2D eigenvalue weighted by molar-refractivity contribution is -0.125. The third-order valence-electron chi connectivity index (χ3n) is 1.46. The summed E-state index contributed by atoms with van der Waals surface area (Å²) in [5.41, 5.74) is 5.04. The topological polar surface area (TPSA) is 84.2 Å². The smallest absolute Gasteiger partial charge is 0.239 e. The average Bonchev–Trinajstić information content (AvgIpc) is 2.14. The molecule has 0 bridgehead atoms. The van der Waals surface area contributed by atoms with Crippen molar-refractivity contribution in [3.8, 4) is 12.3 Å². The number of hydrogen-bond donors (Lipinski definition) is 3. The molecular weight excluding hydrogens is 182 g/mol. The fourth-order valence-corrected chi connectivity index (χ4v) is 0.805. The maximum atomic E-state index is 11.1. The Morgan fingerprint density at radius 1 is 1.50 bits per heavy atom. The molecule has 0 saturated heterocycles. The van der Waals surface area contributed by atoms with Crippen LogP contribution in [0.3, 0.4) is 0 Å². The van der Waals surface area contributed by atoms with Crippen LogP contribution in [0.25, 0.3) is 0 Å². The molecule has 0 aromatic heterocycles. The molecule has 0 aliphatic rings. The number of nitrogens with two attached hydrogens (primary N) is 1. The Hall–Kier alpha value is -1.54. The molecule has 0 fully saturated rings. The van der Waals surface area contributed by atoms with E-state index >= 15 is 0 Å². The SMILES string of the molecule is C#CCC(C)NC(=O)CNC(=O)CN. The summed E-state index contributed by atoms with van der Waals surface area (Å²) in [6, 6.07) is -0.0812. The van der Waals surface area contributed by atoms with Crippen molar-refractivity contribution in [3.63, 3.8) is 0 Å². The van der Waals surface area contributed by atoms with E-state index in [1.54, 1.807) is 6.92 Å². The molecule has 0 aromatic carbocycles. The van der Waals surface area contributed by atoms with Crippen LogP contribution in [0.5, 0.6) is 0 Å². The van der Waals surface area contributed by atoms with Crippen LogP contribution >= 0.6 is 0 Å². The zero-order valence-corrected chi connectivity index (χ0v) is 8.17. The Morgan fingerprint density at radius 3 is 2.64 bits per heavy atom. The number of carbonyl (C=O) groups excluding carboxylic acids is 2. The Kier molecular flexibility index (Phi) is 6.16. The molecule has 0 saturated carbocycles. The van der Waals surface area contributed by atoms with Crippen LogP contribution in [-0.2, 0) is 9.59 Å². The molecule has 1 atom stereocenters. The molecule has 0 heterocycles. The van der Waals surface area contributed by atoms with Crippen molar-refractivity contribution in [2.45, 2.75) is 19.4 Å². The average molecular weight is 197 g/mol. The van der Waals surface area contributed by atoms with Gasteiger partial charge in [0.1, 0.15) is 0 Å². The molecular formula is C9H15N3O2. The summed E-state index contributed by atoms with van der Waals surface area (Å²) in [6.45, 7) is 1.61. The molecule has 0 aliphatic heterocycles. The summed E-state index contributed by atoms with van der Waals surface area (Å²) in [6.07, 6.45) is 5.53. The van der Waals surface area contributed by atoms with Crippen LogP contribution in [-0.4, -0.2) is 30.9 Å². The van der Waals surface area contributed by atoms with Crippen LogP contribution in [0, 0.1) is 12.3 Å². The van der Waals surface area contributed by atoms with Gasteiger partial charge in [0, 0.05) is 12.5 Å². The predicted octanol–water partition coefficient (Wildman–Crippen LogP) is -1.41. The minimum Gasteiger partial charge on any atom is -0.351 e. The van der Waals surface area contributed by atoms with Crippen molar-refractivity contribution >= 4 is 11.8 Å². The van der Waals surface area contributed by atoms with E-state index in [0.717, 1.165) is 0 Å². The Balaban J connectivity index is 3.66. The van der Waals surface area contributed by atoms with Crippen LogP contribution in [0.15, 0.2) is 0 Å². The summed E-state index contributed by atoms with van der Waals surface area (Å²) in [5.74, 6) is 1.80. The molecule has 0 aromatic rings. The first kappa shape index (κ1) is 12.5. The minimum atomic E-state index is -0.357. The first-order valence-electron chi connectivity index (χ1n) is 4.29.